The predicted molar refractivity (Wildman–Crippen MR) is 105 cm³/mol. The Bertz CT molecular complexity index is 648. The number of hydrogen-bond acceptors (Lipinski definition) is 5. The molecule has 0 bridgehead atoms. The summed E-state index contributed by atoms with van der Waals surface area (Å²) in [6, 6.07) is 5.77. The summed E-state index contributed by atoms with van der Waals surface area (Å²) in [7, 11) is 3.25. The molecule has 1 aliphatic rings. The Morgan fingerprint density at radius 2 is 2.11 bits per heavy atom. The fourth-order valence-electron chi connectivity index (χ4n) is 3.29. The van der Waals surface area contributed by atoms with Crippen molar-refractivity contribution in [3.05, 3.63) is 23.8 Å². The normalized spacial score (nSPS) is 17.4. The first-order valence-corrected chi connectivity index (χ1v) is 9.54. The third-order valence-corrected chi connectivity index (χ3v) is 4.56. The van der Waals surface area contributed by atoms with Gasteiger partial charge in [0.1, 0.15) is 0 Å². The average molecular weight is 377 g/mol. The van der Waals surface area contributed by atoms with Gasteiger partial charge in [0.05, 0.1) is 33.3 Å². The molecule has 150 valence electrons. The van der Waals surface area contributed by atoms with Crippen molar-refractivity contribution >= 4 is 11.9 Å². The molecule has 1 saturated heterocycles. The second-order valence-corrected chi connectivity index (χ2v) is 6.36. The maximum atomic E-state index is 12.1. The number of guanidine groups is 1. The number of methoxy groups -OCH3 is 2. The molecule has 1 atom stereocenters. The van der Waals surface area contributed by atoms with E-state index in [4.69, 9.17) is 19.2 Å². The highest BCUT2D eigenvalue weighted by atomic mass is 16.5. The molecular weight excluding hydrogens is 346 g/mol. The number of nitrogens with zero attached hydrogens (tertiary/aromatic N) is 2. The maximum Gasteiger partial charge on any atom is 0.310 e. The number of esters is 1. The van der Waals surface area contributed by atoms with E-state index in [9.17, 15) is 4.79 Å². The summed E-state index contributed by atoms with van der Waals surface area (Å²) in [4.78, 5) is 19.0. The molecule has 0 radical (unpaired) electrons. The van der Waals surface area contributed by atoms with E-state index in [0.717, 1.165) is 37.5 Å². The highest BCUT2D eigenvalue weighted by Crippen LogP contribution is 2.31. The van der Waals surface area contributed by atoms with E-state index in [2.05, 4.69) is 10.2 Å². The van der Waals surface area contributed by atoms with Gasteiger partial charge in [-0.1, -0.05) is 12.1 Å². The Hall–Kier alpha value is -2.44. The summed E-state index contributed by atoms with van der Waals surface area (Å²) in [6.07, 6.45) is 1.80. The highest BCUT2D eigenvalue weighted by Gasteiger charge is 2.28. The Balaban J connectivity index is 2.15. The minimum atomic E-state index is -0.118. The van der Waals surface area contributed by atoms with Gasteiger partial charge in [-0.15, -0.1) is 0 Å². The van der Waals surface area contributed by atoms with E-state index >= 15 is 0 Å². The maximum absolute atomic E-state index is 12.1. The van der Waals surface area contributed by atoms with Crippen LogP contribution >= 0.6 is 0 Å². The van der Waals surface area contributed by atoms with Crippen LogP contribution in [0, 0.1) is 5.92 Å². The van der Waals surface area contributed by atoms with Crippen LogP contribution in [0.2, 0.25) is 0 Å². The average Bonchev–Trinajstić information content (AvgIpc) is 2.70. The van der Waals surface area contributed by atoms with Crippen molar-refractivity contribution in [2.75, 3.05) is 40.5 Å². The van der Waals surface area contributed by atoms with Gasteiger partial charge in [0.15, 0.2) is 17.5 Å². The first-order chi connectivity index (χ1) is 13.1. The van der Waals surface area contributed by atoms with Gasteiger partial charge in [-0.3, -0.25) is 4.79 Å². The largest absolute Gasteiger partial charge is 0.493 e. The number of carbonyl (C=O) groups excluding carboxylic acids is 1. The summed E-state index contributed by atoms with van der Waals surface area (Å²) >= 11 is 0. The molecule has 0 aliphatic carbocycles. The van der Waals surface area contributed by atoms with Crippen molar-refractivity contribution in [1.82, 2.24) is 10.2 Å². The van der Waals surface area contributed by atoms with Crippen LogP contribution in [0.4, 0.5) is 0 Å². The summed E-state index contributed by atoms with van der Waals surface area (Å²) < 4.78 is 16.0. The smallest absolute Gasteiger partial charge is 0.310 e. The minimum Gasteiger partial charge on any atom is -0.493 e. The third kappa shape index (κ3) is 5.52. The molecule has 27 heavy (non-hydrogen) atoms. The van der Waals surface area contributed by atoms with Crippen molar-refractivity contribution in [1.29, 1.82) is 0 Å². The van der Waals surface area contributed by atoms with Crippen LogP contribution in [0.25, 0.3) is 0 Å². The molecule has 1 heterocycles. The van der Waals surface area contributed by atoms with Crippen molar-refractivity contribution in [3.63, 3.8) is 0 Å². The third-order valence-electron chi connectivity index (χ3n) is 4.56. The van der Waals surface area contributed by atoms with Gasteiger partial charge in [-0.2, -0.15) is 0 Å². The van der Waals surface area contributed by atoms with E-state index in [0.29, 0.717) is 31.2 Å². The Kier molecular flexibility index (Phi) is 8.23. The van der Waals surface area contributed by atoms with Gasteiger partial charge in [0.2, 0.25) is 0 Å². The fraction of sp³-hybridized carbons (Fsp3) is 0.600. The predicted octanol–water partition coefficient (Wildman–Crippen LogP) is 2.44. The Labute approximate surface area is 161 Å². The molecule has 0 amide bonds. The minimum absolute atomic E-state index is 0.103. The second-order valence-electron chi connectivity index (χ2n) is 6.36. The second kappa shape index (κ2) is 10.6. The molecule has 1 aromatic carbocycles. The SMILES string of the molecule is CCNC(=NCc1cccc(OC)c1OC)N1CCCC(C(=O)OCC)C1. The van der Waals surface area contributed by atoms with Crippen molar-refractivity contribution in [2.24, 2.45) is 10.9 Å². The summed E-state index contributed by atoms with van der Waals surface area (Å²) in [5.41, 5.74) is 0.950. The number of hydrogen-bond donors (Lipinski definition) is 1. The number of nitrogens with one attached hydrogen (secondary N) is 1. The van der Waals surface area contributed by atoms with E-state index in [1.807, 2.05) is 32.0 Å². The van der Waals surface area contributed by atoms with Crippen molar-refractivity contribution in [2.45, 2.75) is 33.2 Å². The van der Waals surface area contributed by atoms with Crippen molar-refractivity contribution in [3.8, 4) is 11.5 Å². The number of benzene rings is 1. The standard InChI is InChI=1S/C20H31N3O4/c1-5-21-20(23-12-8-10-16(14-23)19(24)27-6-2)22-13-15-9-7-11-17(25-3)18(15)26-4/h7,9,11,16H,5-6,8,10,12-14H2,1-4H3,(H,21,22). The lowest BCUT2D eigenvalue weighted by Gasteiger charge is -2.34. The zero-order valence-electron chi connectivity index (χ0n) is 16.8. The molecule has 0 aromatic heterocycles. The molecule has 1 fully saturated rings. The number of ether oxygens (including phenoxy) is 3. The lowest BCUT2D eigenvalue weighted by molar-refractivity contribution is -0.149. The number of likely N-dealkylation sites (tertiary alicyclic amines) is 1. The van der Waals surface area contributed by atoms with E-state index in [1.54, 1.807) is 14.2 Å². The summed E-state index contributed by atoms with van der Waals surface area (Å²) in [6.45, 7) is 7.01. The number of carbonyl (C=O) groups is 1. The fourth-order valence-corrected chi connectivity index (χ4v) is 3.29. The molecule has 1 unspecified atom stereocenters. The summed E-state index contributed by atoms with van der Waals surface area (Å²) in [5, 5.41) is 3.33. The molecule has 2 rings (SSSR count). The zero-order valence-corrected chi connectivity index (χ0v) is 16.8. The van der Waals surface area contributed by atoms with Gasteiger partial charge in [-0.05, 0) is 32.8 Å². The highest BCUT2D eigenvalue weighted by molar-refractivity contribution is 5.81. The van der Waals surface area contributed by atoms with Crippen LogP contribution in [0.1, 0.15) is 32.3 Å². The zero-order chi connectivity index (χ0) is 19.6. The van der Waals surface area contributed by atoms with Crippen LogP contribution < -0.4 is 14.8 Å². The van der Waals surface area contributed by atoms with Crippen molar-refractivity contribution < 1.29 is 19.0 Å². The van der Waals surface area contributed by atoms with Crippen LogP contribution in [-0.2, 0) is 16.1 Å². The number of aliphatic imine (C=N–C) groups is 1. The van der Waals surface area contributed by atoms with E-state index in [1.165, 1.54) is 0 Å². The molecule has 1 aromatic rings. The van der Waals surface area contributed by atoms with E-state index in [-0.39, 0.29) is 11.9 Å². The molecule has 0 saturated carbocycles. The molecule has 1 N–H and O–H groups in total. The van der Waals surface area contributed by atoms with E-state index < -0.39 is 0 Å². The number of rotatable bonds is 7. The molecule has 7 nitrogen and oxygen atoms in total. The first kappa shape index (κ1) is 20.9. The Morgan fingerprint density at radius 3 is 2.78 bits per heavy atom. The van der Waals surface area contributed by atoms with Gasteiger partial charge in [0, 0.05) is 25.2 Å². The van der Waals surface area contributed by atoms with Gasteiger partial charge >= 0.3 is 5.97 Å². The van der Waals surface area contributed by atoms with Crippen LogP contribution in [0.15, 0.2) is 23.2 Å². The lowest BCUT2D eigenvalue weighted by atomic mass is 9.98. The molecule has 1 aliphatic heterocycles. The van der Waals surface area contributed by atoms with Crippen LogP contribution in [0.3, 0.4) is 0 Å². The summed E-state index contributed by atoms with van der Waals surface area (Å²) in [5.74, 6) is 1.97. The lowest BCUT2D eigenvalue weighted by Crippen LogP contribution is -2.48. The first-order valence-electron chi connectivity index (χ1n) is 9.54. The topological polar surface area (TPSA) is 72.4 Å². The molecule has 7 heteroatoms. The van der Waals surface area contributed by atoms with Gasteiger partial charge in [0.25, 0.3) is 0 Å². The van der Waals surface area contributed by atoms with Gasteiger partial charge < -0.3 is 24.4 Å². The van der Waals surface area contributed by atoms with Crippen LogP contribution in [-0.4, -0.2) is 57.3 Å². The van der Waals surface area contributed by atoms with Crippen LogP contribution in [0.5, 0.6) is 11.5 Å². The molecular formula is C20H31N3O4. The Morgan fingerprint density at radius 1 is 1.30 bits per heavy atom. The monoisotopic (exact) mass is 377 g/mol. The van der Waals surface area contributed by atoms with Gasteiger partial charge in [-0.25, -0.2) is 4.99 Å². The number of para-hydroxylation sites is 1. The quantitative estimate of drug-likeness (QED) is 0.447. The number of piperidine rings is 1. The molecule has 0 spiro atoms.